The monoisotopic (exact) mass is 345 g/mol. The highest BCUT2D eigenvalue weighted by molar-refractivity contribution is 6.39. The second-order valence-corrected chi connectivity index (χ2v) is 7.74. The number of oxime groups is 1. The fraction of sp³-hybridized carbons (Fsp3) is 0.684. The Bertz CT molecular complexity index is 622. The molecule has 3 heterocycles. The van der Waals surface area contributed by atoms with Crippen LogP contribution in [-0.4, -0.2) is 41.8 Å². The molecule has 0 bridgehead atoms. The SMILES string of the molecule is O=C(NCc1ccco1)C1=NO[C@@]2(CCN(CC3CCCCC3)C2)C1. The number of furan rings is 1. The zero-order chi connectivity index (χ0) is 17.1. The van der Waals surface area contributed by atoms with Crippen LogP contribution in [0.5, 0.6) is 0 Å². The van der Waals surface area contributed by atoms with E-state index in [1.165, 1.54) is 38.6 Å². The molecule has 1 aliphatic carbocycles. The molecule has 0 unspecified atom stereocenters. The van der Waals surface area contributed by atoms with Crippen LogP contribution in [0.15, 0.2) is 28.0 Å². The summed E-state index contributed by atoms with van der Waals surface area (Å²) in [7, 11) is 0. The minimum Gasteiger partial charge on any atom is -0.467 e. The highest BCUT2D eigenvalue weighted by Crippen LogP contribution is 2.35. The summed E-state index contributed by atoms with van der Waals surface area (Å²) in [5, 5.41) is 6.95. The van der Waals surface area contributed by atoms with Crippen LogP contribution in [0.2, 0.25) is 0 Å². The Morgan fingerprint density at radius 1 is 1.36 bits per heavy atom. The van der Waals surface area contributed by atoms with Crippen molar-refractivity contribution in [1.29, 1.82) is 0 Å². The average molecular weight is 345 g/mol. The summed E-state index contributed by atoms with van der Waals surface area (Å²) in [6.45, 7) is 3.49. The molecule has 136 valence electrons. The van der Waals surface area contributed by atoms with Crippen molar-refractivity contribution in [3.63, 3.8) is 0 Å². The number of nitrogens with one attached hydrogen (secondary N) is 1. The van der Waals surface area contributed by atoms with Crippen LogP contribution in [0, 0.1) is 5.92 Å². The first-order chi connectivity index (χ1) is 12.2. The van der Waals surface area contributed by atoms with Gasteiger partial charge in [0.1, 0.15) is 11.5 Å². The van der Waals surface area contributed by atoms with Crippen molar-refractivity contribution < 1.29 is 14.0 Å². The van der Waals surface area contributed by atoms with E-state index in [0.29, 0.717) is 18.7 Å². The molecule has 2 fully saturated rings. The van der Waals surface area contributed by atoms with Crippen LogP contribution in [0.4, 0.5) is 0 Å². The second-order valence-electron chi connectivity index (χ2n) is 7.74. The molecule has 1 N–H and O–H groups in total. The van der Waals surface area contributed by atoms with Gasteiger partial charge in [-0.15, -0.1) is 0 Å². The molecular weight excluding hydrogens is 318 g/mol. The molecule has 1 atom stereocenters. The largest absolute Gasteiger partial charge is 0.467 e. The van der Waals surface area contributed by atoms with E-state index in [-0.39, 0.29) is 11.5 Å². The van der Waals surface area contributed by atoms with Crippen molar-refractivity contribution in [3.8, 4) is 0 Å². The lowest BCUT2D eigenvalue weighted by Crippen LogP contribution is -2.38. The van der Waals surface area contributed by atoms with Gasteiger partial charge in [-0.1, -0.05) is 24.4 Å². The first-order valence-electron chi connectivity index (χ1n) is 9.50. The number of carbonyl (C=O) groups is 1. The Morgan fingerprint density at radius 2 is 2.24 bits per heavy atom. The van der Waals surface area contributed by atoms with Crippen LogP contribution in [0.1, 0.15) is 50.7 Å². The molecule has 6 nitrogen and oxygen atoms in total. The van der Waals surface area contributed by atoms with Gasteiger partial charge in [-0.2, -0.15) is 0 Å². The number of likely N-dealkylation sites (tertiary alicyclic amines) is 1. The molecule has 25 heavy (non-hydrogen) atoms. The molecule has 0 radical (unpaired) electrons. The third-order valence-electron chi connectivity index (χ3n) is 5.74. The highest BCUT2D eigenvalue weighted by Gasteiger charge is 2.46. The molecule has 0 aromatic carbocycles. The maximum atomic E-state index is 12.3. The summed E-state index contributed by atoms with van der Waals surface area (Å²) in [5.41, 5.74) is 0.220. The predicted molar refractivity (Wildman–Crippen MR) is 94.1 cm³/mol. The Morgan fingerprint density at radius 3 is 3.04 bits per heavy atom. The van der Waals surface area contributed by atoms with Gasteiger partial charge in [-0.05, 0) is 30.9 Å². The van der Waals surface area contributed by atoms with Crippen molar-refractivity contribution in [2.45, 2.75) is 57.1 Å². The topological polar surface area (TPSA) is 67.1 Å². The Balaban J connectivity index is 1.25. The van der Waals surface area contributed by atoms with E-state index in [4.69, 9.17) is 9.25 Å². The van der Waals surface area contributed by atoms with Crippen molar-refractivity contribution in [2.24, 2.45) is 11.1 Å². The van der Waals surface area contributed by atoms with Gasteiger partial charge < -0.3 is 14.6 Å². The van der Waals surface area contributed by atoms with Gasteiger partial charge in [0.2, 0.25) is 0 Å². The smallest absolute Gasteiger partial charge is 0.269 e. The average Bonchev–Trinajstić information content (AvgIpc) is 3.37. The summed E-state index contributed by atoms with van der Waals surface area (Å²) in [5.74, 6) is 1.42. The number of hydrogen-bond acceptors (Lipinski definition) is 5. The summed E-state index contributed by atoms with van der Waals surface area (Å²) >= 11 is 0. The molecule has 4 rings (SSSR count). The van der Waals surface area contributed by atoms with Crippen molar-refractivity contribution in [2.75, 3.05) is 19.6 Å². The van der Waals surface area contributed by atoms with Crippen LogP contribution < -0.4 is 5.32 Å². The molecule has 1 saturated carbocycles. The standard InChI is InChI=1S/C19H27N3O3/c23-18(20-12-16-7-4-10-24-16)17-11-19(25-21-17)8-9-22(14-19)13-15-5-2-1-3-6-15/h4,7,10,15H,1-3,5-6,8-9,11-14H2,(H,20,23)/t19-/m0/s1. The highest BCUT2D eigenvalue weighted by atomic mass is 16.7. The predicted octanol–water partition coefficient (Wildman–Crippen LogP) is 2.70. The molecule has 6 heteroatoms. The second kappa shape index (κ2) is 7.20. The van der Waals surface area contributed by atoms with E-state index >= 15 is 0 Å². The number of amides is 1. The lowest BCUT2D eigenvalue weighted by Gasteiger charge is -2.27. The molecular formula is C19H27N3O3. The summed E-state index contributed by atoms with van der Waals surface area (Å²) in [6.07, 6.45) is 10.0. The fourth-order valence-electron chi connectivity index (χ4n) is 4.36. The Labute approximate surface area is 148 Å². The first kappa shape index (κ1) is 16.6. The maximum absolute atomic E-state index is 12.3. The number of hydrogen-bond donors (Lipinski definition) is 1. The van der Waals surface area contributed by atoms with E-state index in [2.05, 4.69) is 15.4 Å². The van der Waals surface area contributed by atoms with Gasteiger partial charge in [0.05, 0.1) is 12.8 Å². The first-order valence-corrected chi connectivity index (χ1v) is 9.50. The summed E-state index contributed by atoms with van der Waals surface area (Å²) in [4.78, 5) is 20.6. The zero-order valence-electron chi connectivity index (χ0n) is 14.7. The van der Waals surface area contributed by atoms with E-state index < -0.39 is 0 Å². The quantitative estimate of drug-likeness (QED) is 0.891. The van der Waals surface area contributed by atoms with E-state index in [1.54, 1.807) is 6.26 Å². The lowest BCUT2D eigenvalue weighted by molar-refractivity contribution is -0.115. The molecule has 2 aliphatic heterocycles. The maximum Gasteiger partial charge on any atom is 0.269 e. The van der Waals surface area contributed by atoms with E-state index in [0.717, 1.165) is 31.2 Å². The third-order valence-corrected chi connectivity index (χ3v) is 5.74. The van der Waals surface area contributed by atoms with Crippen LogP contribution in [0.3, 0.4) is 0 Å². The molecule has 1 aromatic heterocycles. The Kier molecular flexibility index (Phi) is 4.79. The lowest BCUT2D eigenvalue weighted by atomic mass is 9.89. The van der Waals surface area contributed by atoms with Crippen LogP contribution >= 0.6 is 0 Å². The van der Waals surface area contributed by atoms with Gasteiger partial charge >= 0.3 is 0 Å². The normalized spacial score (nSPS) is 27.4. The number of rotatable bonds is 5. The summed E-state index contributed by atoms with van der Waals surface area (Å²) in [6, 6.07) is 3.65. The molecule has 1 amide bonds. The van der Waals surface area contributed by atoms with Gasteiger partial charge in [0.25, 0.3) is 5.91 Å². The minimum atomic E-state index is -0.286. The van der Waals surface area contributed by atoms with Crippen molar-refractivity contribution in [1.82, 2.24) is 10.2 Å². The van der Waals surface area contributed by atoms with E-state index in [1.807, 2.05) is 12.1 Å². The molecule has 1 aromatic rings. The molecule has 1 spiro atoms. The van der Waals surface area contributed by atoms with Crippen molar-refractivity contribution in [3.05, 3.63) is 24.2 Å². The van der Waals surface area contributed by atoms with Gasteiger partial charge in [0.15, 0.2) is 5.60 Å². The van der Waals surface area contributed by atoms with Gasteiger partial charge in [-0.25, -0.2) is 0 Å². The third kappa shape index (κ3) is 3.89. The molecule has 3 aliphatic rings. The summed E-state index contributed by atoms with van der Waals surface area (Å²) < 4.78 is 5.23. The van der Waals surface area contributed by atoms with Crippen LogP contribution in [0.25, 0.3) is 0 Å². The fourth-order valence-corrected chi connectivity index (χ4v) is 4.36. The van der Waals surface area contributed by atoms with Crippen molar-refractivity contribution >= 4 is 11.6 Å². The van der Waals surface area contributed by atoms with Gasteiger partial charge in [-0.3, -0.25) is 9.69 Å². The number of carbonyl (C=O) groups excluding carboxylic acids is 1. The van der Waals surface area contributed by atoms with Crippen LogP contribution in [-0.2, 0) is 16.2 Å². The minimum absolute atomic E-state index is 0.154. The van der Waals surface area contributed by atoms with E-state index in [9.17, 15) is 4.79 Å². The van der Waals surface area contributed by atoms with Gasteiger partial charge in [0, 0.05) is 32.5 Å². The number of nitrogens with zero attached hydrogens (tertiary/aromatic N) is 2. The zero-order valence-corrected chi connectivity index (χ0v) is 14.7. The Hall–Kier alpha value is -1.82. The molecule has 1 saturated heterocycles.